The molecule has 0 saturated heterocycles. The molecule has 0 unspecified atom stereocenters. The van der Waals surface area contributed by atoms with Crippen LogP contribution >= 0.6 is 15.8 Å². The van der Waals surface area contributed by atoms with Crippen LogP contribution in [0.5, 0.6) is 0 Å². The van der Waals surface area contributed by atoms with Gasteiger partial charge in [0, 0.05) is 26.5 Å². The molecule has 0 aliphatic rings. The van der Waals surface area contributed by atoms with E-state index in [-0.39, 0.29) is 21.1 Å². The van der Waals surface area contributed by atoms with Crippen LogP contribution in [0.25, 0.3) is 11.1 Å². The van der Waals surface area contributed by atoms with Gasteiger partial charge in [0.15, 0.2) is 0 Å². The Labute approximate surface area is 262 Å². The van der Waals surface area contributed by atoms with Gasteiger partial charge < -0.3 is 0 Å². The second kappa shape index (κ2) is 16.3. The largest absolute Gasteiger partial charge is 0.0622 e. The van der Waals surface area contributed by atoms with Crippen molar-refractivity contribution in [2.45, 2.75) is 12.3 Å². The number of rotatable bonds is 7. The first kappa shape index (κ1) is 30.8. The van der Waals surface area contributed by atoms with E-state index < -0.39 is 15.8 Å². The summed E-state index contributed by atoms with van der Waals surface area (Å²) < 4.78 is 0. The summed E-state index contributed by atoms with van der Waals surface area (Å²) in [5, 5.41) is 6.34. The molecule has 0 N–H and O–H groups in total. The molecule has 0 aliphatic heterocycles. The van der Waals surface area contributed by atoms with Crippen LogP contribution in [0.15, 0.2) is 182 Å². The fraction of sp³-hybridized carbons (Fsp3) is 0.0526. The molecule has 0 heterocycles. The van der Waals surface area contributed by atoms with Crippen molar-refractivity contribution in [1.29, 1.82) is 0 Å². The molecular weight excluding hydrogens is 713 g/mol. The van der Waals surface area contributed by atoms with E-state index in [0.717, 1.165) is 0 Å². The van der Waals surface area contributed by atoms with E-state index in [2.05, 4.69) is 177 Å². The van der Waals surface area contributed by atoms with E-state index >= 15 is 0 Å². The predicted octanol–water partition coefficient (Wildman–Crippen LogP) is 8.95. The molecule has 206 valence electrons. The zero-order chi connectivity index (χ0) is 27.4. The smallest absolute Gasteiger partial charge is 0.0126 e. The third kappa shape index (κ3) is 8.44. The first-order valence-electron chi connectivity index (χ1n) is 13.7. The second-order valence-electron chi connectivity index (χ2n) is 9.45. The summed E-state index contributed by atoms with van der Waals surface area (Å²) >= 11 is 0. The van der Waals surface area contributed by atoms with Gasteiger partial charge in [-0.3, -0.25) is 0 Å². The molecule has 0 aliphatic carbocycles. The molecular formula is C38H34P2Pt. The summed E-state index contributed by atoms with van der Waals surface area (Å²) in [7, 11) is -0.940. The molecule has 0 amide bonds. The minimum absolute atomic E-state index is 0. The van der Waals surface area contributed by atoms with Crippen molar-refractivity contribution in [3.63, 3.8) is 0 Å². The van der Waals surface area contributed by atoms with Gasteiger partial charge in [0.05, 0.1) is 0 Å². The van der Waals surface area contributed by atoms with Gasteiger partial charge in [-0.15, -0.1) is 0 Å². The third-order valence-electron chi connectivity index (χ3n) is 6.77. The summed E-state index contributed by atoms with van der Waals surface area (Å²) in [6.07, 6.45) is 0. The van der Waals surface area contributed by atoms with Crippen molar-refractivity contribution < 1.29 is 21.1 Å². The van der Waals surface area contributed by atoms with Crippen molar-refractivity contribution in [3.8, 4) is 11.1 Å². The van der Waals surface area contributed by atoms with E-state index in [1.54, 1.807) is 0 Å². The van der Waals surface area contributed by atoms with Crippen molar-refractivity contribution in [2.24, 2.45) is 0 Å². The predicted molar refractivity (Wildman–Crippen MR) is 179 cm³/mol. The molecule has 0 atom stereocenters. The van der Waals surface area contributed by atoms with Crippen LogP contribution < -0.4 is 21.2 Å². The Morgan fingerprint density at radius 1 is 0.317 bits per heavy atom. The van der Waals surface area contributed by atoms with Crippen LogP contribution in [0, 0.1) is 0 Å². The summed E-state index contributed by atoms with van der Waals surface area (Å²) in [6.45, 7) is 2.46. The van der Waals surface area contributed by atoms with E-state index in [1.165, 1.54) is 32.3 Å². The Balaban J connectivity index is 0.000000249. The first-order valence-corrected chi connectivity index (χ1v) is 16.5. The molecule has 0 fully saturated rings. The molecule has 6 aromatic rings. The van der Waals surface area contributed by atoms with Crippen molar-refractivity contribution in [2.75, 3.05) is 0 Å². The molecule has 3 heteroatoms. The van der Waals surface area contributed by atoms with Gasteiger partial charge in [-0.25, -0.2) is 0 Å². The van der Waals surface area contributed by atoms with Crippen LogP contribution in [-0.4, -0.2) is 5.40 Å². The Bertz CT molecular complexity index is 1330. The van der Waals surface area contributed by atoms with Gasteiger partial charge >= 0.3 is 0 Å². The summed E-state index contributed by atoms with van der Waals surface area (Å²) in [5.74, 6) is 0. The zero-order valence-electron chi connectivity index (χ0n) is 23.1. The zero-order valence-corrected chi connectivity index (χ0v) is 27.2. The third-order valence-corrected chi connectivity index (χ3v) is 13.1. The minimum Gasteiger partial charge on any atom is -0.0622 e. The second-order valence-corrected chi connectivity index (χ2v) is 14.9. The van der Waals surface area contributed by atoms with Gasteiger partial charge in [-0.05, 0) is 48.2 Å². The van der Waals surface area contributed by atoms with E-state index in [1.807, 2.05) is 12.1 Å². The summed E-state index contributed by atoms with van der Waals surface area (Å²) in [6, 6.07) is 65.1. The van der Waals surface area contributed by atoms with Gasteiger partial charge in [0.25, 0.3) is 0 Å². The molecule has 0 aromatic heterocycles. The average Bonchev–Trinajstić information content (AvgIpc) is 3.05. The van der Waals surface area contributed by atoms with Gasteiger partial charge in [-0.2, -0.15) is 0 Å². The Kier molecular flexibility index (Phi) is 12.3. The number of hydrogen-bond acceptors (Lipinski definition) is 0. The molecule has 0 bridgehead atoms. The van der Waals surface area contributed by atoms with Crippen molar-refractivity contribution in [3.05, 3.63) is 182 Å². The van der Waals surface area contributed by atoms with Crippen LogP contribution in [0.1, 0.15) is 6.92 Å². The van der Waals surface area contributed by atoms with Crippen molar-refractivity contribution >= 4 is 37.1 Å². The maximum Gasteiger partial charge on any atom is 0.0126 e. The van der Waals surface area contributed by atoms with E-state index in [0.29, 0.717) is 5.40 Å². The minimum atomic E-state index is -0.470. The van der Waals surface area contributed by atoms with Crippen LogP contribution in [0.2, 0.25) is 0 Å². The van der Waals surface area contributed by atoms with Crippen molar-refractivity contribution in [1.82, 2.24) is 0 Å². The fourth-order valence-electron chi connectivity index (χ4n) is 4.89. The molecule has 6 aromatic carbocycles. The average molecular weight is 748 g/mol. The maximum absolute atomic E-state index is 2.46. The SMILES string of the molecule is CC(P(c1ccccc1)c1ccccc1)P(c1ccccc1)c1ccccc1.[Pt].c1ccc(-c2ccccc2)cc1. The quantitative estimate of drug-likeness (QED) is 0.143. The summed E-state index contributed by atoms with van der Waals surface area (Å²) in [5.41, 5.74) is 2.55. The van der Waals surface area contributed by atoms with E-state index in [9.17, 15) is 0 Å². The van der Waals surface area contributed by atoms with Crippen LogP contribution in [0.3, 0.4) is 0 Å². The van der Waals surface area contributed by atoms with Gasteiger partial charge in [0.2, 0.25) is 0 Å². The Morgan fingerprint density at radius 2 is 0.512 bits per heavy atom. The molecule has 0 radical (unpaired) electrons. The number of benzene rings is 6. The molecule has 0 spiro atoms. The van der Waals surface area contributed by atoms with Crippen LogP contribution in [-0.2, 0) is 21.1 Å². The molecule has 6 rings (SSSR count). The topological polar surface area (TPSA) is 0 Å². The normalized spacial score (nSPS) is 10.5. The maximum atomic E-state index is 2.46. The van der Waals surface area contributed by atoms with E-state index in [4.69, 9.17) is 0 Å². The van der Waals surface area contributed by atoms with Crippen LogP contribution in [0.4, 0.5) is 0 Å². The van der Waals surface area contributed by atoms with Gasteiger partial charge in [-0.1, -0.05) is 189 Å². The Morgan fingerprint density at radius 3 is 0.732 bits per heavy atom. The monoisotopic (exact) mass is 747 g/mol. The Hall–Kier alpha value is -3.13. The summed E-state index contributed by atoms with van der Waals surface area (Å²) in [4.78, 5) is 0. The first-order chi connectivity index (χ1) is 19.8. The molecule has 0 nitrogen and oxygen atoms in total. The molecule has 0 saturated carbocycles. The molecule has 41 heavy (non-hydrogen) atoms. The fourth-order valence-corrected chi connectivity index (χ4v) is 11.7. The standard InChI is InChI=1S/C26H24P2.C12H10.Pt/c1-22(27(23-14-6-2-7-15-23)24-16-8-3-9-17-24)28(25-18-10-4-11-19-25)26-20-12-5-13-21-26;1-3-7-11(8-4-1)12-9-5-2-6-10-12;/h2-22H,1H3;1-10H;. The van der Waals surface area contributed by atoms with Gasteiger partial charge in [0.1, 0.15) is 0 Å². The number of hydrogen-bond donors (Lipinski definition) is 0.